The van der Waals surface area contributed by atoms with Gasteiger partial charge in [0.05, 0.1) is 0 Å². The fourth-order valence-corrected chi connectivity index (χ4v) is 3.58. The summed E-state index contributed by atoms with van der Waals surface area (Å²) in [7, 11) is 1.81. The summed E-state index contributed by atoms with van der Waals surface area (Å²) in [6.45, 7) is 8.58. The molecule has 0 aliphatic carbocycles. The summed E-state index contributed by atoms with van der Waals surface area (Å²) in [6, 6.07) is 12.1. The van der Waals surface area contributed by atoms with Gasteiger partial charge in [0, 0.05) is 31.0 Å². The standard InChI is InChI=1S/C24H27NO3/c1-15-6-8-19(17(3)12-15)14-25(5)23(26)11-10-21-18(4)20-9-7-16(2)13-22(20)28-24(21)27/h6-9,12-13H,10-11,14H2,1-5H3. The van der Waals surface area contributed by atoms with E-state index in [0.717, 1.165) is 22.1 Å². The normalized spacial score (nSPS) is 11.0. The molecule has 1 amide bonds. The van der Waals surface area contributed by atoms with Crippen molar-refractivity contribution in [3.8, 4) is 0 Å². The third kappa shape index (κ3) is 4.16. The number of hydrogen-bond acceptors (Lipinski definition) is 3. The van der Waals surface area contributed by atoms with Crippen LogP contribution in [0.4, 0.5) is 0 Å². The van der Waals surface area contributed by atoms with Crippen LogP contribution >= 0.6 is 0 Å². The molecule has 28 heavy (non-hydrogen) atoms. The second-order valence-electron chi connectivity index (χ2n) is 7.67. The lowest BCUT2D eigenvalue weighted by Gasteiger charge is -2.19. The molecule has 4 nitrogen and oxygen atoms in total. The van der Waals surface area contributed by atoms with Gasteiger partial charge >= 0.3 is 5.63 Å². The quantitative estimate of drug-likeness (QED) is 0.610. The smallest absolute Gasteiger partial charge is 0.339 e. The van der Waals surface area contributed by atoms with Crippen LogP contribution in [0.25, 0.3) is 11.0 Å². The highest BCUT2D eigenvalue weighted by atomic mass is 16.4. The van der Waals surface area contributed by atoms with Crippen molar-refractivity contribution in [2.75, 3.05) is 7.05 Å². The summed E-state index contributed by atoms with van der Waals surface area (Å²) >= 11 is 0. The monoisotopic (exact) mass is 377 g/mol. The Morgan fingerprint density at radius 2 is 1.68 bits per heavy atom. The lowest BCUT2D eigenvalue weighted by molar-refractivity contribution is -0.130. The van der Waals surface area contributed by atoms with Gasteiger partial charge in [-0.05, 0) is 62.4 Å². The molecule has 0 N–H and O–H groups in total. The maximum absolute atomic E-state index is 12.6. The number of nitrogens with zero attached hydrogens (tertiary/aromatic N) is 1. The molecular weight excluding hydrogens is 350 g/mol. The van der Waals surface area contributed by atoms with Crippen molar-refractivity contribution >= 4 is 16.9 Å². The predicted molar refractivity (Wildman–Crippen MR) is 113 cm³/mol. The molecule has 1 aromatic heterocycles. The van der Waals surface area contributed by atoms with Gasteiger partial charge in [0.2, 0.25) is 5.91 Å². The number of rotatable bonds is 5. The largest absolute Gasteiger partial charge is 0.423 e. The molecule has 0 saturated carbocycles. The number of amides is 1. The second kappa shape index (κ2) is 8.01. The van der Waals surface area contributed by atoms with E-state index in [4.69, 9.17) is 4.42 Å². The van der Waals surface area contributed by atoms with E-state index in [2.05, 4.69) is 32.0 Å². The van der Waals surface area contributed by atoms with E-state index in [0.29, 0.717) is 24.1 Å². The third-order valence-corrected chi connectivity index (χ3v) is 5.36. The highest BCUT2D eigenvalue weighted by molar-refractivity contribution is 5.82. The van der Waals surface area contributed by atoms with Crippen LogP contribution in [0, 0.1) is 27.7 Å². The molecule has 0 fully saturated rings. The zero-order chi connectivity index (χ0) is 20.4. The Morgan fingerprint density at radius 3 is 2.39 bits per heavy atom. The number of benzene rings is 2. The first-order chi connectivity index (χ1) is 13.3. The molecule has 146 valence electrons. The SMILES string of the molecule is Cc1ccc(CN(C)C(=O)CCc2c(C)c3ccc(C)cc3oc2=O)c(C)c1. The molecule has 4 heteroatoms. The van der Waals surface area contributed by atoms with Gasteiger partial charge in [0.1, 0.15) is 5.58 Å². The minimum absolute atomic E-state index is 0.0165. The van der Waals surface area contributed by atoms with Crippen LogP contribution in [-0.4, -0.2) is 17.9 Å². The van der Waals surface area contributed by atoms with Gasteiger partial charge < -0.3 is 9.32 Å². The second-order valence-corrected chi connectivity index (χ2v) is 7.67. The summed E-state index contributed by atoms with van der Waals surface area (Å²) in [5.41, 5.74) is 6.32. The van der Waals surface area contributed by atoms with Gasteiger partial charge in [-0.1, -0.05) is 35.9 Å². The van der Waals surface area contributed by atoms with Crippen molar-refractivity contribution in [2.24, 2.45) is 0 Å². The summed E-state index contributed by atoms with van der Waals surface area (Å²) in [5, 5.41) is 0.927. The first-order valence-corrected chi connectivity index (χ1v) is 9.59. The first-order valence-electron chi connectivity index (χ1n) is 9.59. The van der Waals surface area contributed by atoms with Crippen molar-refractivity contribution in [3.63, 3.8) is 0 Å². The molecular formula is C24H27NO3. The zero-order valence-corrected chi connectivity index (χ0v) is 17.3. The number of carbonyl (C=O) groups excluding carboxylic acids is 1. The summed E-state index contributed by atoms with van der Waals surface area (Å²) in [4.78, 5) is 26.8. The average Bonchev–Trinajstić information content (AvgIpc) is 2.63. The van der Waals surface area contributed by atoms with Crippen LogP contribution in [-0.2, 0) is 17.8 Å². The van der Waals surface area contributed by atoms with Crippen LogP contribution in [0.15, 0.2) is 45.6 Å². The van der Waals surface area contributed by atoms with Crippen LogP contribution in [0.5, 0.6) is 0 Å². The number of carbonyl (C=O) groups is 1. The van der Waals surface area contributed by atoms with Gasteiger partial charge in [-0.25, -0.2) is 4.79 Å². The van der Waals surface area contributed by atoms with E-state index in [-0.39, 0.29) is 18.0 Å². The van der Waals surface area contributed by atoms with Crippen molar-refractivity contribution in [3.05, 3.63) is 80.2 Å². The lowest BCUT2D eigenvalue weighted by Crippen LogP contribution is -2.27. The van der Waals surface area contributed by atoms with Crippen LogP contribution in [0.1, 0.15) is 39.8 Å². The first kappa shape index (κ1) is 19.9. The third-order valence-electron chi connectivity index (χ3n) is 5.36. The molecule has 1 heterocycles. The Bertz CT molecular complexity index is 1090. The van der Waals surface area contributed by atoms with Crippen LogP contribution < -0.4 is 5.63 Å². The van der Waals surface area contributed by atoms with E-state index < -0.39 is 0 Å². The van der Waals surface area contributed by atoms with E-state index in [1.54, 1.807) is 11.9 Å². The van der Waals surface area contributed by atoms with E-state index >= 15 is 0 Å². The maximum Gasteiger partial charge on any atom is 0.339 e. The maximum atomic E-state index is 12.6. The molecule has 0 radical (unpaired) electrons. The van der Waals surface area contributed by atoms with Gasteiger partial charge in [0.25, 0.3) is 0 Å². The van der Waals surface area contributed by atoms with Crippen molar-refractivity contribution in [1.82, 2.24) is 4.90 Å². The van der Waals surface area contributed by atoms with Crippen LogP contribution in [0.2, 0.25) is 0 Å². The highest BCUT2D eigenvalue weighted by Gasteiger charge is 2.15. The van der Waals surface area contributed by atoms with Crippen molar-refractivity contribution in [2.45, 2.75) is 47.1 Å². The van der Waals surface area contributed by atoms with Crippen molar-refractivity contribution in [1.29, 1.82) is 0 Å². The average molecular weight is 377 g/mol. The Kier molecular flexibility index (Phi) is 5.68. The zero-order valence-electron chi connectivity index (χ0n) is 17.3. The minimum Gasteiger partial charge on any atom is -0.423 e. The molecule has 0 saturated heterocycles. The van der Waals surface area contributed by atoms with E-state index in [9.17, 15) is 9.59 Å². The number of hydrogen-bond donors (Lipinski definition) is 0. The molecule has 0 spiro atoms. The summed E-state index contributed by atoms with van der Waals surface area (Å²) in [5.74, 6) is 0.0165. The molecule has 2 aromatic carbocycles. The Balaban J connectivity index is 1.73. The molecule has 0 bridgehead atoms. The molecule has 0 aliphatic heterocycles. The molecule has 0 atom stereocenters. The Labute approximate surface area is 165 Å². The number of aryl methyl sites for hydroxylation is 4. The van der Waals surface area contributed by atoms with E-state index in [1.165, 1.54) is 11.1 Å². The van der Waals surface area contributed by atoms with Gasteiger partial charge in [-0.2, -0.15) is 0 Å². The molecule has 3 aromatic rings. The molecule has 0 aliphatic rings. The van der Waals surface area contributed by atoms with E-state index in [1.807, 2.05) is 32.0 Å². The minimum atomic E-state index is -0.347. The Morgan fingerprint density at radius 1 is 1.00 bits per heavy atom. The van der Waals surface area contributed by atoms with Gasteiger partial charge in [-0.3, -0.25) is 4.79 Å². The van der Waals surface area contributed by atoms with Gasteiger partial charge in [-0.15, -0.1) is 0 Å². The predicted octanol–water partition coefficient (Wildman–Crippen LogP) is 4.62. The van der Waals surface area contributed by atoms with Gasteiger partial charge in [0.15, 0.2) is 0 Å². The molecule has 0 unspecified atom stereocenters. The topological polar surface area (TPSA) is 50.5 Å². The Hall–Kier alpha value is -2.88. The van der Waals surface area contributed by atoms with Crippen LogP contribution in [0.3, 0.4) is 0 Å². The lowest BCUT2D eigenvalue weighted by atomic mass is 10.0. The fraction of sp³-hybridized carbons (Fsp3) is 0.333. The summed E-state index contributed by atoms with van der Waals surface area (Å²) in [6.07, 6.45) is 0.665. The van der Waals surface area contributed by atoms with Crippen molar-refractivity contribution < 1.29 is 9.21 Å². The fourth-order valence-electron chi connectivity index (χ4n) is 3.58. The number of fused-ring (bicyclic) bond motifs is 1. The molecule has 3 rings (SSSR count). The highest BCUT2D eigenvalue weighted by Crippen LogP contribution is 2.21. The summed E-state index contributed by atoms with van der Waals surface area (Å²) < 4.78 is 5.49.